The topological polar surface area (TPSA) is 43.1 Å². The van der Waals surface area contributed by atoms with Crippen molar-refractivity contribution in [1.29, 1.82) is 0 Å². The normalized spacial score (nSPS) is 16.8. The molecule has 1 aliphatic carbocycles. The number of nitro groups is 1. The Morgan fingerprint density at radius 1 is 1.41 bits per heavy atom. The van der Waals surface area contributed by atoms with Gasteiger partial charge in [0.1, 0.15) is 0 Å². The summed E-state index contributed by atoms with van der Waals surface area (Å²) < 4.78 is 0. The highest BCUT2D eigenvalue weighted by atomic mass is 79.9. The molecule has 0 radical (unpaired) electrons. The molecule has 0 amide bonds. The van der Waals surface area contributed by atoms with Crippen molar-refractivity contribution in [2.75, 3.05) is 0 Å². The van der Waals surface area contributed by atoms with Gasteiger partial charge in [0.2, 0.25) is 0 Å². The Balaban J connectivity index is 1.87. The second kappa shape index (κ2) is 5.63. The van der Waals surface area contributed by atoms with Crippen molar-refractivity contribution in [3.05, 3.63) is 39.9 Å². The molecule has 1 atom stereocenters. The van der Waals surface area contributed by atoms with Crippen LogP contribution in [-0.4, -0.2) is 9.75 Å². The van der Waals surface area contributed by atoms with Crippen LogP contribution in [0.4, 0.5) is 5.69 Å². The fourth-order valence-electron chi connectivity index (χ4n) is 2.08. The first kappa shape index (κ1) is 12.6. The lowest BCUT2D eigenvalue weighted by Crippen LogP contribution is -2.02. The molecule has 0 saturated heterocycles. The lowest BCUT2D eigenvalue weighted by Gasteiger charge is -2.07. The zero-order chi connectivity index (χ0) is 12.3. The van der Waals surface area contributed by atoms with Gasteiger partial charge in [0.25, 0.3) is 5.69 Å². The van der Waals surface area contributed by atoms with Gasteiger partial charge in [-0.15, -0.1) is 0 Å². The molecule has 0 aromatic heterocycles. The second-order valence-corrected chi connectivity index (χ2v) is 5.81. The quantitative estimate of drug-likeness (QED) is 0.451. The molecule has 1 aliphatic rings. The van der Waals surface area contributed by atoms with Crippen molar-refractivity contribution < 1.29 is 4.92 Å². The fraction of sp³-hybridized carbons (Fsp3) is 0.538. The van der Waals surface area contributed by atoms with Crippen LogP contribution in [0.2, 0.25) is 0 Å². The fourth-order valence-corrected chi connectivity index (χ4v) is 2.93. The maximum Gasteiger partial charge on any atom is 0.272 e. The third kappa shape index (κ3) is 3.53. The van der Waals surface area contributed by atoms with Gasteiger partial charge < -0.3 is 0 Å². The molecule has 0 spiro atoms. The van der Waals surface area contributed by atoms with E-state index in [0.717, 1.165) is 30.7 Å². The van der Waals surface area contributed by atoms with E-state index in [0.29, 0.717) is 4.83 Å². The van der Waals surface area contributed by atoms with Crippen molar-refractivity contribution in [2.24, 2.45) is 5.92 Å². The van der Waals surface area contributed by atoms with Crippen molar-refractivity contribution in [2.45, 2.75) is 36.9 Å². The van der Waals surface area contributed by atoms with Crippen molar-refractivity contribution in [3.8, 4) is 0 Å². The maximum absolute atomic E-state index is 10.8. The Morgan fingerprint density at radius 3 is 2.76 bits per heavy atom. The number of nitro benzene ring substituents is 1. The van der Waals surface area contributed by atoms with Gasteiger partial charge in [-0.25, -0.2) is 0 Å². The maximum atomic E-state index is 10.8. The molecule has 0 heterocycles. The highest BCUT2D eigenvalue weighted by Crippen LogP contribution is 2.38. The summed E-state index contributed by atoms with van der Waals surface area (Å²) in [4.78, 5) is 11.1. The molecule has 0 bridgehead atoms. The SMILES string of the molecule is O=[N+]([O-])c1ccccc1CCCC(Br)C1CC1. The average molecular weight is 298 g/mol. The van der Waals surface area contributed by atoms with Gasteiger partial charge in [0, 0.05) is 16.5 Å². The van der Waals surface area contributed by atoms with E-state index in [1.165, 1.54) is 12.8 Å². The van der Waals surface area contributed by atoms with Crippen LogP contribution in [0.5, 0.6) is 0 Å². The summed E-state index contributed by atoms with van der Waals surface area (Å²) in [5, 5.41) is 10.8. The largest absolute Gasteiger partial charge is 0.272 e. The first-order valence-electron chi connectivity index (χ1n) is 6.05. The molecule has 17 heavy (non-hydrogen) atoms. The van der Waals surface area contributed by atoms with Gasteiger partial charge >= 0.3 is 0 Å². The van der Waals surface area contributed by atoms with E-state index in [4.69, 9.17) is 0 Å². The number of rotatable bonds is 6. The highest BCUT2D eigenvalue weighted by Gasteiger charge is 2.28. The second-order valence-electron chi connectivity index (χ2n) is 4.63. The van der Waals surface area contributed by atoms with E-state index >= 15 is 0 Å². The third-order valence-corrected chi connectivity index (χ3v) is 4.45. The van der Waals surface area contributed by atoms with Gasteiger partial charge in [0.05, 0.1) is 4.92 Å². The molecular weight excluding hydrogens is 282 g/mol. The monoisotopic (exact) mass is 297 g/mol. The van der Waals surface area contributed by atoms with Crippen LogP contribution in [0, 0.1) is 16.0 Å². The number of hydrogen-bond donors (Lipinski definition) is 0. The average Bonchev–Trinajstić information content (AvgIpc) is 3.13. The summed E-state index contributed by atoms with van der Waals surface area (Å²) in [5.41, 5.74) is 1.11. The Hall–Kier alpha value is -0.900. The molecule has 0 aliphatic heterocycles. The van der Waals surface area contributed by atoms with Gasteiger partial charge in [0.15, 0.2) is 0 Å². The minimum Gasteiger partial charge on any atom is -0.258 e. The minimum atomic E-state index is -0.290. The van der Waals surface area contributed by atoms with Crippen molar-refractivity contribution in [1.82, 2.24) is 0 Å². The molecule has 1 saturated carbocycles. The molecule has 1 fully saturated rings. The molecule has 1 unspecified atom stereocenters. The van der Waals surface area contributed by atoms with E-state index in [-0.39, 0.29) is 10.6 Å². The summed E-state index contributed by atoms with van der Waals surface area (Å²) in [7, 11) is 0. The third-order valence-electron chi connectivity index (χ3n) is 3.25. The molecule has 3 nitrogen and oxygen atoms in total. The van der Waals surface area contributed by atoms with Gasteiger partial charge in [-0.2, -0.15) is 0 Å². The van der Waals surface area contributed by atoms with E-state index in [2.05, 4.69) is 15.9 Å². The smallest absolute Gasteiger partial charge is 0.258 e. The summed E-state index contributed by atoms with van der Waals surface area (Å²) in [5.74, 6) is 0.848. The zero-order valence-corrected chi connectivity index (χ0v) is 11.2. The van der Waals surface area contributed by atoms with E-state index in [9.17, 15) is 10.1 Å². The Labute approximate surface area is 110 Å². The highest BCUT2D eigenvalue weighted by molar-refractivity contribution is 9.09. The summed E-state index contributed by atoms with van der Waals surface area (Å²) in [6, 6.07) is 7.04. The lowest BCUT2D eigenvalue weighted by atomic mass is 10.0. The van der Waals surface area contributed by atoms with Crippen LogP contribution in [0.3, 0.4) is 0 Å². The van der Waals surface area contributed by atoms with Crippen LogP contribution in [0.15, 0.2) is 24.3 Å². The Bertz CT molecular complexity index is 404. The van der Waals surface area contributed by atoms with E-state index in [1.807, 2.05) is 12.1 Å². The van der Waals surface area contributed by atoms with E-state index < -0.39 is 0 Å². The summed E-state index contributed by atoms with van der Waals surface area (Å²) in [6.07, 6.45) is 5.59. The van der Waals surface area contributed by atoms with Crippen molar-refractivity contribution in [3.63, 3.8) is 0 Å². The predicted molar refractivity (Wildman–Crippen MR) is 71.5 cm³/mol. The van der Waals surface area contributed by atoms with Crippen molar-refractivity contribution >= 4 is 21.6 Å². The Kier molecular flexibility index (Phi) is 4.15. The number of para-hydroxylation sites is 1. The standard InChI is InChI=1S/C13H16BrNO2/c14-12(10-8-9-10)6-3-5-11-4-1-2-7-13(11)15(16)17/h1-2,4,7,10,12H,3,5-6,8-9H2. The molecule has 2 rings (SSSR count). The van der Waals surface area contributed by atoms with Crippen LogP contribution < -0.4 is 0 Å². The number of alkyl halides is 1. The van der Waals surface area contributed by atoms with E-state index in [1.54, 1.807) is 12.1 Å². The molecule has 4 heteroatoms. The van der Waals surface area contributed by atoms with Gasteiger partial charge in [-0.3, -0.25) is 10.1 Å². The molecule has 1 aromatic rings. The molecule has 1 aromatic carbocycles. The number of nitrogens with zero attached hydrogens (tertiary/aromatic N) is 1. The van der Waals surface area contributed by atoms with Gasteiger partial charge in [-0.05, 0) is 38.0 Å². The summed E-state index contributed by atoms with van der Waals surface area (Å²) in [6.45, 7) is 0. The minimum absolute atomic E-state index is 0.255. The number of benzene rings is 1. The zero-order valence-electron chi connectivity index (χ0n) is 9.64. The summed E-state index contributed by atoms with van der Waals surface area (Å²) >= 11 is 3.69. The number of aryl methyl sites for hydroxylation is 1. The first-order valence-corrected chi connectivity index (χ1v) is 6.96. The molecule has 92 valence electrons. The van der Waals surface area contributed by atoms with Crippen LogP contribution in [-0.2, 0) is 6.42 Å². The van der Waals surface area contributed by atoms with Crippen LogP contribution in [0.25, 0.3) is 0 Å². The molecular formula is C13H16BrNO2. The van der Waals surface area contributed by atoms with Crippen LogP contribution in [0.1, 0.15) is 31.2 Å². The number of halogens is 1. The predicted octanol–water partition coefficient (Wildman–Crippen LogP) is 4.09. The molecule has 0 N–H and O–H groups in total. The van der Waals surface area contributed by atoms with Gasteiger partial charge in [-0.1, -0.05) is 34.1 Å². The van der Waals surface area contributed by atoms with Crippen LogP contribution >= 0.6 is 15.9 Å². The number of hydrogen-bond acceptors (Lipinski definition) is 2. The first-order chi connectivity index (χ1) is 8.18. The lowest BCUT2D eigenvalue weighted by molar-refractivity contribution is -0.385. The Morgan fingerprint density at radius 2 is 2.12 bits per heavy atom.